The molecule has 1 aliphatic carbocycles. The molecule has 0 aromatic heterocycles. The van der Waals surface area contributed by atoms with Crippen molar-refractivity contribution >= 4 is 17.7 Å². The number of fused-ring (bicyclic) bond motifs is 1. The number of likely N-dealkylation sites (tertiary alicyclic amines) is 1. The first-order valence-electron chi connectivity index (χ1n) is 8.59. The van der Waals surface area contributed by atoms with E-state index in [2.05, 4.69) is 10.2 Å². The molecule has 2 aliphatic heterocycles. The summed E-state index contributed by atoms with van der Waals surface area (Å²) in [4.78, 5) is 40.2. The molecule has 2 heterocycles. The van der Waals surface area contributed by atoms with Gasteiger partial charge in [0.2, 0.25) is 5.91 Å². The van der Waals surface area contributed by atoms with E-state index in [0.717, 1.165) is 30.5 Å². The van der Waals surface area contributed by atoms with Gasteiger partial charge in [-0.2, -0.15) is 0 Å². The van der Waals surface area contributed by atoms with Gasteiger partial charge in [-0.25, -0.2) is 0 Å². The van der Waals surface area contributed by atoms with Gasteiger partial charge in [0, 0.05) is 19.1 Å². The highest BCUT2D eigenvalue weighted by Crippen LogP contribution is 2.31. The van der Waals surface area contributed by atoms with E-state index in [9.17, 15) is 14.4 Å². The predicted octanol–water partition coefficient (Wildman–Crippen LogP) is 0.883. The smallest absolute Gasteiger partial charge is 0.262 e. The van der Waals surface area contributed by atoms with E-state index in [0.29, 0.717) is 23.6 Å². The van der Waals surface area contributed by atoms with E-state index in [4.69, 9.17) is 0 Å². The molecule has 0 spiro atoms. The summed E-state index contributed by atoms with van der Waals surface area (Å²) in [5.74, 6) is -0.566. The van der Waals surface area contributed by atoms with Crippen molar-refractivity contribution in [3.63, 3.8) is 0 Å². The second-order valence-electron chi connectivity index (χ2n) is 6.93. The van der Waals surface area contributed by atoms with Gasteiger partial charge in [-0.3, -0.25) is 19.3 Å². The van der Waals surface area contributed by atoms with E-state index < -0.39 is 0 Å². The molecule has 126 valence electrons. The number of amides is 3. The fraction of sp³-hybridized carbons (Fsp3) is 0.500. The van der Waals surface area contributed by atoms with Crippen LogP contribution in [0.3, 0.4) is 0 Å². The van der Waals surface area contributed by atoms with Crippen molar-refractivity contribution in [3.05, 3.63) is 35.4 Å². The lowest BCUT2D eigenvalue weighted by molar-refractivity contribution is -0.121. The van der Waals surface area contributed by atoms with Crippen LogP contribution in [-0.4, -0.2) is 59.7 Å². The van der Waals surface area contributed by atoms with Crippen LogP contribution in [0.2, 0.25) is 0 Å². The molecule has 6 heteroatoms. The monoisotopic (exact) mass is 327 g/mol. The first-order valence-corrected chi connectivity index (χ1v) is 8.59. The molecule has 1 aromatic carbocycles. The Labute approximate surface area is 140 Å². The third kappa shape index (κ3) is 2.82. The second-order valence-corrected chi connectivity index (χ2v) is 6.93. The molecule has 1 unspecified atom stereocenters. The van der Waals surface area contributed by atoms with Crippen LogP contribution in [0.25, 0.3) is 0 Å². The Morgan fingerprint density at radius 3 is 2.38 bits per heavy atom. The van der Waals surface area contributed by atoms with E-state index in [-0.39, 0.29) is 24.3 Å². The number of carbonyl (C=O) groups excluding carboxylic acids is 3. The van der Waals surface area contributed by atoms with Gasteiger partial charge >= 0.3 is 0 Å². The summed E-state index contributed by atoms with van der Waals surface area (Å²) >= 11 is 0. The van der Waals surface area contributed by atoms with Crippen molar-refractivity contribution in [3.8, 4) is 0 Å². The average Bonchev–Trinajstić information content (AvgIpc) is 3.29. The Morgan fingerprint density at radius 2 is 1.75 bits per heavy atom. The van der Waals surface area contributed by atoms with E-state index in [1.165, 1.54) is 12.8 Å². The van der Waals surface area contributed by atoms with Crippen molar-refractivity contribution in [1.82, 2.24) is 15.1 Å². The summed E-state index contributed by atoms with van der Waals surface area (Å²) in [6, 6.07) is 7.46. The Balaban J connectivity index is 1.29. The fourth-order valence-corrected chi connectivity index (χ4v) is 3.64. The van der Waals surface area contributed by atoms with Crippen LogP contribution in [0.5, 0.6) is 0 Å². The molecule has 4 rings (SSSR count). The quantitative estimate of drug-likeness (QED) is 0.815. The maximum Gasteiger partial charge on any atom is 0.262 e. The lowest BCUT2D eigenvalue weighted by Gasteiger charge is -2.17. The number of imide groups is 1. The maximum absolute atomic E-state index is 12.2. The zero-order chi connectivity index (χ0) is 16.7. The van der Waals surface area contributed by atoms with Crippen LogP contribution in [0.1, 0.15) is 40.0 Å². The van der Waals surface area contributed by atoms with E-state index in [1.54, 1.807) is 24.3 Å². The summed E-state index contributed by atoms with van der Waals surface area (Å²) in [5.41, 5.74) is 0.761. The molecule has 1 saturated carbocycles. The van der Waals surface area contributed by atoms with Gasteiger partial charge in [0.15, 0.2) is 0 Å². The van der Waals surface area contributed by atoms with Crippen molar-refractivity contribution in [2.75, 3.05) is 26.2 Å². The number of rotatable bonds is 5. The second kappa shape index (κ2) is 6.02. The van der Waals surface area contributed by atoms with E-state index in [1.807, 2.05) is 0 Å². The molecule has 1 atom stereocenters. The zero-order valence-corrected chi connectivity index (χ0v) is 13.5. The lowest BCUT2D eigenvalue weighted by Crippen LogP contribution is -2.42. The predicted molar refractivity (Wildman–Crippen MR) is 87.5 cm³/mol. The first kappa shape index (κ1) is 15.3. The third-order valence-electron chi connectivity index (χ3n) is 5.15. The summed E-state index contributed by atoms with van der Waals surface area (Å²) in [5, 5.41) is 2.89. The Bertz CT molecular complexity index is 664. The highest BCUT2D eigenvalue weighted by molar-refractivity contribution is 6.22. The average molecular weight is 327 g/mol. The minimum Gasteiger partial charge on any atom is -0.354 e. The highest BCUT2D eigenvalue weighted by Gasteiger charge is 2.37. The fourth-order valence-electron chi connectivity index (χ4n) is 3.64. The summed E-state index contributed by atoms with van der Waals surface area (Å²) < 4.78 is 0. The molecular formula is C18H21N3O3. The van der Waals surface area contributed by atoms with Crippen LogP contribution < -0.4 is 5.32 Å². The highest BCUT2D eigenvalue weighted by atomic mass is 16.2. The molecule has 3 aliphatic rings. The Morgan fingerprint density at radius 1 is 1.08 bits per heavy atom. The maximum atomic E-state index is 12.2. The zero-order valence-electron chi connectivity index (χ0n) is 13.5. The van der Waals surface area contributed by atoms with Crippen LogP contribution >= 0.6 is 0 Å². The molecule has 0 bridgehead atoms. The number of hydrogen-bond donors (Lipinski definition) is 1. The minimum atomic E-state index is -0.383. The Kier molecular flexibility index (Phi) is 3.84. The van der Waals surface area contributed by atoms with Crippen molar-refractivity contribution < 1.29 is 14.4 Å². The SMILES string of the molecule is O=C(CN1C(=O)c2ccccc2C1=O)NCC1CCN(C2CC2)C1. The molecule has 0 radical (unpaired) electrons. The normalized spacial score (nSPS) is 23.7. The van der Waals surface area contributed by atoms with Gasteiger partial charge in [0.25, 0.3) is 11.8 Å². The largest absolute Gasteiger partial charge is 0.354 e. The number of nitrogens with one attached hydrogen (secondary N) is 1. The van der Waals surface area contributed by atoms with Gasteiger partial charge in [0.1, 0.15) is 6.54 Å². The van der Waals surface area contributed by atoms with Gasteiger partial charge < -0.3 is 10.2 Å². The minimum absolute atomic E-state index is 0.203. The molecule has 24 heavy (non-hydrogen) atoms. The number of nitrogens with zero attached hydrogens (tertiary/aromatic N) is 2. The van der Waals surface area contributed by atoms with Crippen LogP contribution in [0, 0.1) is 5.92 Å². The molecule has 1 saturated heterocycles. The van der Waals surface area contributed by atoms with Gasteiger partial charge in [-0.1, -0.05) is 12.1 Å². The van der Waals surface area contributed by atoms with E-state index >= 15 is 0 Å². The summed E-state index contributed by atoms with van der Waals surface area (Å²) in [6.07, 6.45) is 3.71. The van der Waals surface area contributed by atoms with Crippen molar-refractivity contribution in [2.45, 2.75) is 25.3 Å². The van der Waals surface area contributed by atoms with Crippen LogP contribution in [0.15, 0.2) is 24.3 Å². The molecule has 6 nitrogen and oxygen atoms in total. The molecule has 3 amide bonds. The number of carbonyl (C=O) groups is 3. The topological polar surface area (TPSA) is 69.7 Å². The van der Waals surface area contributed by atoms with Gasteiger partial charge in [-0.05, 0) is 43.9 Å². The lowest BCUT2D eigenvalue weighted by atomic mass is 10.1. The third-order valence-corrected chi connectivity index (χ3v) is 5.15. The van der Waals surface area contributed by atoms with Gasteiger partial charge in [0.05, 0.1) is 11.1 Å². The summed E-state index contributed by atoms with van der Waals surface area (Å²) in [6.45, 7) is 2.57. The van der Waals surface area contributed by atoms with Crippen molar-refractivity contribution in [2.24, 2.45) is 5.92 Å². The molecule has 1 N–H and O–H groups in total. The molecule has 2 fully saturated rings. The summed E-state index contributed by atoms with van der Waals surface area (Å²) in [7, 11) is 0. The number of hydrogen-bond acceptors (Lipinski definition) is 4. The van der Waals surface area contributed by atoms with Crippen LogP contribution in [-0.2, 0) is 4.79 Å². The Hall–Kier alpha value is -2.21. The number of benzene rings is 1. The van der Waals surface area contributed by atoms with Gasteiger partial charge in [-0.15, -0.1) is 0 Å². The molecule has 1 aromatic rings. The van der Waals surface area contributed by atoms with Crippen LogP contribution in [0.4, 0.5) is 0 Å². The van der Waals surface area contributed by atoms with Crippen molar-refractivity contribution in [1.29, 1.82) is 0 Å². The standard InChI is InChI=1S/C18H21N3O3/c22-16(19-9-12-7-8-20(10-12)13-5-6-13)11-21-17(23)14-3-1-2-4-15(14)18(21)24/h1-4,12-13H,5-11H2,(H,19,22). The molecular weight excluding hydrogens is 306 g/mol. The first-order chi connectivity index (χ1) is 11.6.